The highest BCUT2D eigenvalue weighted by Crippen LogP contribution is 2.13. The smallest absolute Gasteiger partial charge is 0.273 e. The summed E-state index contributed by atoms with van der Waals surface area (Å²) in [6.07, 6.45) is 3.01. The van der Waals surface area contributed by atoms with Gasteiger partial charge in [0.1, 0.15) is 5.75 Å². The molecule has 0 saturated heterocycles. The third-order valence-electron chi connectivity index (χ3n) is 3.01. The van der Waals surface area contributed by atoms with Crippen LogP contribution in [0.5, 0.6) is 5.75 Å². The summed E-state index contributed by atoms with van der Waals surface area (Å²) in [6, 6.07) is 2.99. The number of aromatic hydroxyl groups is 1. The van der Waals surface area contributed by atoms with E-state index in [1.54, 1.807) is 6.07 Å². The number of nitrogens with two attached hydrogens (primary N) is 1. The maximum atomic E-state index is 11.8. The number of carbonyl (C=O) groups excluding carboxylic acids is 1. The minimum atomic E-state index is -0.403. The van der Waals surface area contributed by atoms with Crippen LogP contribution >= 0.6 is 12.4 Å². The number of nitrogens with one attached hydrogen (secondary N) is 1. The number of hydrogen-bond acceptors (Lipinski definition) is 4. The predicted octanol–water partition coefficient (Wildman–Crippen LogP) is 1.46. The Balaban J connectivity index is 0.00000289. The molecule has 0 aliphatic rings. The van der Waals surface area contributed by atoms with E-state index in [4.69, 9.17) is 5.73 Å². The van der Waals surface area contributed by atoms with E-state index in [0.29, 0.717) is 6.54 Å². The minimum absolute atomic E-state index is 0. The van der Waals surface area contributed by atoms with E-state index >= 15 is 0 Å². The molecule has 1 amide bonds. The number of nitrogens with zero attached hydrogens (tertiary/aromatic N) is 1. The summed E-state index contributed by atoms with van der Waals surface area (Å²) in [5, 5.41) is 12.2. The fraction of sp³-hybridized carbons (Fsp3) is 0.500. The van der Waals surface area contributed by atoms with Crippen LogP contribution in [0.1, 0.15) is 37.2 Å². The molecule has 1 heterocycles. The number of halogens is 1. The molecular formula is C12H20ClN3O2. The lowest BCUT2D eigenvalue weighted by Gasteiger charge is -2.26. The van der Waals surface area contributed by atoms with Crippen molar-refractivity contribution >= 4 is 18.3 Å². The number of amides is 1. The first-order chi connectivity index (χ1) is 8.02. The van der Waals surface area contributed by atoms with Gasteiger partial charge in [0.05, 0.1) is 0 Å². The van der Waals surface area contributed by atoms with Gasteiger partial charge < -0.3 is 16.2 Å². The van der Waals surface area contributed by atoms with E-state index in [0.717, 1.165) is 12.8 Å². The Labute approximate surface area is 113 Å². The van der Waals surface area contributed by atoms with Gasteiger partial charge in [-0.15, -0.1) is 12.4 Å². The molecule has 1 rings (SSSR count). The molecule has 18 heavy (non-hydrogen) atoms. The number of aromatic nitrogens is 1. The lowest BCUT2D eigenvalue weighted by atomic mass is 9.94. The third-order valence-corrected chi connectivity index (χ3v) is 3.01. The fourth-order valence-electron chi connectivity index (χ4n) is 1.41. The number of pyridine rings is 1. The molecule has 5 nitrogen and oxygen atoms in total. The van der Waals surface area contributed by atoms with Gasteiger partial charge in [-0.25, -0.2) is 4.98 Å². The second-order valence-electron chi connectivity index (χ2n) is 4.12. The maximum absolute atomic E-state index is 11.8. The summed E-state index contributed by atoms with van der Waals surface area (Å²) in [5.74, 6) is -0.527. The first kappa shape index (κ1) is 16.7. The van der Waals surface area contributed by atoms with Gasteiger partial charge in [-0.05, 0) is 25.0 Å². The zero-order valence-electron chi connectivity index (χ0n) is 10.6. The molecule has 0 aliphatic heterocycles. The topological polar surface area (TPSA) is 88.2 Å². The van der Waals surface area contributed by atoms with Gasteiger partial charge in [0, 0.05) is 18.3 Å². The van der Waals surface area contributed by atoms with Crippen LogP contribution in [-0.4, -0.2) is 28.1 Å². The monoisotopic (exact) mass is 273 g/mol. The summed E-state index contributed by atoms with van der Waals surface area (Å²) in [4.78, 5) is 15.6. The molecule has 0 aromatic carbocycles. The Morgan fingerprint density at radius 2 is 2.11 bits per heavy atom. The SMILES string of the molecule is CCC(N)(CC)CNC(=O)c1ncccc1O.Cl. The largest absolute Gasteiger partial charge is 0.505 e. The van der Waals surface area contributed by atoms with Crippen molar-refractivity contribution in [3.8, 4) is 5.75 Å². The highest BCUT2D eigenvalue weighted by Gasteiger charge is 2.22. The Morgan fingerprint density at radius 1 is 1.50 bits per heavy atom. The molecule has 4 N–H and O–H groups in total. The highest BCUT2D eigenvalue weighted by molar-refractivity contribution is 5.94. The molecule has 0 atom stereocenters. The van der Waals surface area contributed by atoms with Crippen molar-refractivity contribution in [1.82, 2.24) is 10.3 Å². The number of hydrogen-bond donors (Lipinski definition) is 3. The highest BCUT2D eigenvalue weighted by atomic mass is 35.5. The summed E-state index contributed by atoms with van der Waals surface area (Å²) in [5.41, 5.74) is 5.69. The van der Waals surface area contributed by atoms with Gasteiger partial charge >= 0.3 is 0 Å². The quantitative estimate of drug-likeness (QED) is 0.758. The fourth-order valence-corrected chi connectivity index (χ4v) is 1.41. The van der Waals surface area contributed by atoms with Gasteiger partial charge in [-0.3, -0.25) is 4.79 Å². The standard InChI is InChI=1S/C12H19N3O2.ClH/c1-3-12(13,4-2)8-15-11(17)10-9(16)6-5-7-14-10;/h5-7,16H,3-4,8,13H2,1-2H3,(H,15,17);1H. The van der Waals surface area contributed by atoms with Crippen molar-refractivity contribution in [3.05, 3.63) is 24.0 Å². The molecule has 0 unspecified atom stereocenters. The van der Waals surface area contributed by atoms with E-state index in [-0.39, 0.29) is 23.9 Å². The molecule has 102 valence electrons. The van der Waals surface area contributed by atoms with Crippen LogP contribution in [0.15, 0.2) is 18.3 Å². The van der Waals surface area contributed by atoms with E-state index in [9.17, 15) is 9.90 Å². The van der Waals surface area contributed by atoms with Gasteiger partial charge in [0.15, 0.2) is 5.69 Å². The molecule has 1 aromatic rings. The average molecular weight is 274 g/mol. The van der Waals surface area contributed by atoms with E-state index in [2.05, 4.69) is 10.3 Å². The lowest BCUT2D eigenvalue weighted by Crippen LogP contribution is -2.49. The summed E-state index contributed by atoms with van der Waals surface area (Å²) < 4.78 is 0. The van der Waals surface area contributed by atoms with Crippen LogP contribution in [0, 0.1) is 0 Å². The van der Waals surface area contributed by atoms with Crippen molar-refractivity contribution in [2.45, 2.75) is 32.2 Å². The van der Waals surface area contributed by atoms with Gasteiger partial charge in [0.2, 0.25) is 0 Å². The zero-order chi connectivity index (χ0) is 12.9. The molecule has 0 aliphatic carbocycles. The van der Waals surface area contributed by atoms with Crippen LogP contribution in [0.25, 0.3) is 0 Å². The van der Waals surface area contributed by atoms with Crippen LogP contribution in [-0.2, 0) is 0 Å². The Bertz CT molecular complexity index is 395. The van der Waals surface area contributed by atoms with Gasteiger partial charge in [0.25, 0.3) is 5.91 Å². The predicted molar refractivity (Wildman–Crippen MR) is 73.0 cm³/mol. The molecule has 1 aromatic heterocycles. The number of rotatable bonds is 5. The van der Waals surface area contributed by atoms with Crippen molar-refractivity contribution in [2.75, 3.05) is 6.54 Å². The Kier molecular flexibility index (Phi) is 6.65. The molecule has 0 radical (unpaired) electrons. The average Bonchev–Trinajstić information content (AvgIpc) is 2.36. The van der Waals surface area contributed by atoms with E-state index < -0.39 is 11.4 Å². The Hall–Kier alpha value is -1.33. The first-order valence-electron chi connectivity index (χ1n) is 5.73. The van der Waals surface area contributed by atoms with Gasteiger partial charge in [-0.1, -0.05) is 13.8 Å². The normalized spacial score (nSPS) is 10.6. The van der Waals surface area contributed by atoms with E-state index in [1.165, 1.54) is 12.3 Å². The first-order valence-corrected chi connectivity index (χ1v) is 5.73. The maximum Gasteiger partial charge on any atom is 0.273 e. The molecule has 6 heteroatoms. The van der Waals surface area contributed by atoms with Crippen molar-refractivity contribution in [3.63, 3.8) is 0 Å². The van der Waals surface area contributed by atoms with Crippen molar-refractivity contribution in [1.29, 1.82) is 0 Å². The van der Waals surface area contributed by atoms with Gasteiger partial charge in [-0.2, -0.15) is 0 Å². The molecule has 0 fully saturated rings. The Morgan fingerprint density at radius 3 is 2.61 bits per heavy atom. The molecular weight excluding hydrogens is 254 g/mol. The van der Waals surface area contributed by atoms with Crippen molar-refractivity contribution in [2.24, 2.45) is 5.73 Å². The lowest BCUT2D eigenvalue weighted by molar-refractivity contribution is 0.0934. The molecule has 0 spiro atoms. The van der Waals surface area contributed by atoms with Crippen LogP contribution in [0.4, 0.5) is 0 Å². The second-order valence-corrected chi connectivity index (χ2v) is 4.12. The summed E-state index contributed by atoms with van der Waals surface area (Å²) in [6.45, 7) is 4.33. The summed E-state index contributed by atoms with van der Waals surface area (Å²) in [7, 11) is 0. The van der Waals surface area contributed by atoms with E-state index in [1.807, 2.05) is 13.8 Å². The van der Waals surface area contributed by atoms with Crippen LogP contribution in [0.2, 0.25) is 0 Å². The summed E-state index contributed by atoms with van der Waals surface area (Å²) >= 11 is 0. The molecule has 0 bridgehead atoms. The number of carbonyl (C=O) groups is 1. The minimum Gasteiger partial charge on any atom is -0.505 e. The second kappa shape index (κ2) is 7.18. The van der Waals surface area contributed by atoms with Crippen LogP contribution in [0.3, 0.4) is 0 Å². The molecule has 0 saturated carbocycles. The third kappa shape index (κ3) is 4.16. The van der Waals surface area contributed by atoms with Crippen LogP contribution < -0.4 is 11.1 Å². The van der Waals surface area contributed by atoms with Crippen molar-refractivity contribution < 1.29 is 9.90 Å². The zero-order valence-corrected chi connectivity index (χ0v) is 11.5.